The van der Waals surface area contributed by atoms with Crippen molar-refractivity contribution in [1.29, 1.82) is 0 Å². The molecule has 0 spiro atoms. The first kappa shape index (κ1) is 13.5. The zero-order valence-electron chi connectivity index (χ0n) is 10.4. The standard InChI is InChI=1S/C11H20N4O2/c1-3-5-15(6-7-16)11(17)10-9(12)8(4-2)13-14-10/h16H,3-7,12H2,1-2H3,(H,13,14). The van der Waals surface area contributed by atoms with Crippen LogP contribution < -0.4 is 5.73 Å². The average molecular weight is 240 g/mol. The number of aromatic amines is 1. The summed E-state index contributed by atoms with van der Waals surface area (Å²) in [5.41, 5.74) is 7.28. The van der Waals surface area contributed by atoms with E-state index in [1.165, 1.54) is 0 Å². The lowest BCUT2D eigenvalue weighted by Crippen LogP contribution is -2.34. The molecule has 1 heterocycles. The lowest BCUT2D eigenvalue weighted by atomic mass is 10.2. The first-order valence-corrected chi connectivity index (χ1v) is 5.88. The quantitative estimate of drug-likeness (QED) is 0.670. The van der Waals surface area contributed by atoms with Crippen LogP contribution in [0.25, 0.3) is 0 Å². The summed E-state index contributed by atoms with van der Waals surface area (Å²) in [4.78, 5) is 13.7. The maximum atomic E-state index is 12.1. The van der Waals surface area contributed by atoms with Crippen LogP contribution in [0.15, 0.2) is 0 Å². The van der Waals surface area contributed by atoms with Gasteiger partial charge in [0.15, 0.2) is 5.69 Å². The minimum Gasteiger partial charge on any atom is -0.395 e. The van der Waals surface area contributed by atoms with Gasteiger partial charge in [0, 0.05) is 13.1 Å². The van der Waals surface area contributed by atoms with Gasteiger partial charge in [-0.3, -0.25) is 9.89 Å². The fourth-order valence-corrected chi connectivity index (χ4v) is 1.67. The van der Waals surface area contributed by atoms with Gasteiger partial charge in [-0.25, -0.2) is 0 Å². The number of nitrogen functional groups attached to an aromatic ring is 1. The summed E-state index contributed by atoms with van der Waals surface area (Å²) in [5, 5.41) is 15.6. The van der Waals surface area contributed by atoms with E-state index in [0.717, 1.165) is 12.1 Å². The largest absolute Gasteiger partial charge is 0.395 e. The predicted octanol–water partition coefficient (Wildman–Crippen LogP) is 0.399. The van der Waals surface area contributed by atoms with Gasteiger partial charge >= 0.3 is 0 Å². The van der Waals surface area contributed by atoms with Crippen LogP contribution in [0.2, 0.25) is 0 Å². The minimum atomic E-state index is -0.227. The van der Waals surface area contributed by atoms with Crippen LogP contribution in [0.3, 0.4) is 0 Å². The second kappa shape index (κ2) is 6.24. The zero-order valence-corrected chi connectivity index (χ0v) is 10.4. The molecule has 0 unspecified atom stereocenters. The summed E-state index contributed by atoms with van der Waals surface area (Å²) in [6.07, 6.45) is 1.54. The number of nitrogens with one attached hydrogen (secondary N) is 1. The van der Waals surface area contributed by atoms with Crippen molar-refractivity contribution in [1.82, 2.24) is 15.1 Å². The average Bonchev–Trinajstić information content (AvgIpc) is 2.69. The molecule has 17 heavy (non-hydrogen) atoms. The van der Waals surface area contributed by atoms with Crippen LogP contribution in [-0.4, -0.2) is 45.8 Å². The number of aliphatic hydroxyl groups is 1. The summed E-state index contributed by atoms with van der Waals surface area (Å²) in [6.45, 7) is 4.75. The lowest BCUT2D eigenvalue weighted by molar-refractivity contribution is 0.0717. The van der Waals surface area contributed by atoms with Gasteiger partial charge in [0.2, 0.25) is 0 Å². The van der Waals surface area contributed by atoms with E-state index in [1.54, 1.807) is 4.90 Å². The maximum absolute atomic E-state index is 12.1. The molecular weight excluding hydrogens is 220 g/mol. The second-order valence-electron chi connectivity index (χ2n) is 3.83. The summed E-state index contributed by atoms with van der Waals surface area (Å²) in [5.74, 6) is -0.227. The number of carbonyl (C=O) groups excluding carboxylic acids is 1. The molecule has 0 aliphatic carbocycles. The molecule has 1 aromatic rings. The van der Waals surface area contributed by atoms with Crippen molar-refractivity contribution in [3.63, 3.8) is 0 Å². The third-order valence-corrected chi connectivity index (χ3v) is 2.59. The second-order valence-corrected chi connectivity index (χ2v) is 3.83. The van der Waals surface area contributed by atoms with Gasteiger partial charge in [0.1, 0.15) is 0 Å². The maximum Gasteiger partial charge on any atom is 0.276 e. The molecule has 0 fully saturated rings. The number of H-pyrrole nitrogens is 1. The Morgan fingerprint density at radius 1 is 1.47 bits per heavy atom. The molecule has 0 aliphatic rings. The molecule has 0 aromatic carbocycles. The highest BCUT2D eigenvalue weighted by molar-refractivity contribution is 5.97. The van der Waals surface area contributed by atoms with Crippen LogP contribution in [0, 0.1) is 0 Å². The first-order valence-electron chi connectivity index (χ1n) is 5.88. The van der Waals surface area contributed by atoms with Crippen LogP contribution >= 0.6 is 0 Å². The molecule has 4 N–H and O–H groups in total. The van der Waals surface area contributed by atoms with E-state index >= 15 is 0 Å². The Balaban J connectivity index is 2.88. The number of rotatable bonds is 6. The van der Waals surface area contributed by atoms with E-state index in [4.69, 9.17) is 10.8 Å². The summed E-state index contributed by atoms with van der Waals surface area (Å²) in [7, 11) is 0. The highest BCUT2D eigenvalue weighted by Gasteiger charge is 2.21. The van der Waals surface area contributed by atoms with Crippen molar-refractivity contribution >= 4 is 11.6 Å². The van der Waals surface area contributed by atoms with E-state index < -0.39 is 0 Å². The van der Waals surface area contributed by atoms with Crippen molar-refractivity contribution in [3.05, 3.63) is 11.4 Å². The zero-order chi connectivity index (χ0) is 12.8. The SMILES string of the molecule is CCCN(CCO)C(=O)c1n[nH]c(CC)c1N. The molecule has 1 amide bonds. The number of carbonyl (C=O) groups is 1. The van der Waals surface area contributed by atoms with E-state index in [-0.39, 0.29) is 18.2 Å². The minimum absolute atomic E-state index is 0.0588. The molecule has 0 bridgehead atoms. The molecule has 1 rings (SSSR count). The number of aryl methyl sites for hydroxylation is 1. The van der Waals surface area contributed by atoms with Crippen molar-refractivity contribution < 1.29 is 9.90 Å². The molecular formula is C11H20N4O2. The number of nitrogens with zero attached hydrogens (tertiary/aromatic N) is 2. The normalized spacial score (nSPS) is 10.5. The van der Waals surface area contributed by atoms with Crippen molar-refractivity contribution in [2.75, 3.05) is 25.4 Å². The molecule has 0 aliphatic heterocycles. The highest BCUT2D eigenvalue weighted by Crippen LogP contribution is 2.16. The summed E-state index contributed by atoms with van der Waals surface area (Å²) >= 11 is 0. The van der Waals surface area contributed by atoms with Crippen molar-refractivity contribution in [3.8, 4) is 0 Å². The molecule has 1 aromatic heterocycles. The van der Waals surface area contributed by atoms with Crippen LogP contribution in [0.4, 0.5) is 5.69 Å². The Morgan fingerprint density at radius 2 is 2.18 bits per heavy atom. The Morgan fingerprint density at radius 3 is 2.65 bits per heavy atom. The molecule has 0 saturated heterocycles. The van der Waals surface area contributed by atoms with Gasteiger partial charge in [-0.15, -0.1) is 0 Å². The number of anilines is 1. The molecule has 6 nitrogen and oxygen atoms in total. The summed E-state index contributed by atoms with van der Waals surface area (Å²) < 4.78 is 0. The number of aromatic nitrogens is 2. The monoisotopic (exact) mass is 240 g/mol. The fraction of sp³-hybridized carbons (Fsp3) is 0.636. The van der Waals surface area contributed by atoms with Gasteiger partial charge in [0.25, 0.3) is 5.91 Å². The smallest absolute Gasteiger partial charge is 0.276 e. The number of aliphatic hydroxyl groups excluding tert-OH is 1. The Kier molecular flexibility index (Phi) is 4.96. The summed E-state index contributed by atoms with van der Waals surface area (Å²) in [6, 6.07) is 0. The van der Waals surface area contributed by atoms with Crippen molar-refractivity contribution in [2.24, 2.45) is 0 Å². The first-order chi connectivity index (χ1) is 8.15. The van der Waals surface area contributed by atoms with Gasteiger partial charge in [0.05, 0.1) is 18.0 Å². The number of nitrogens with two attached hydrogens (primary N) is 1. The molecule has 0 saturated carbocycles. The third-order valence-electron chi connectivity index (χ3n) is 2.59. The molecule has 96 valence electrons. The fourth-order valence-electron chi connectivity index (χ4n) is 1.67. The van der Waals surface area contributed by atoms with Crippen LogP contribution in [0.1, 0.15) is 36.5 Å². The molecule has 0 atom stereocenters. The Bertz CT molecular complexity index is 370. The van der Waals surface area contributed by atoms with E-state index in [9.17, 15) is 4.79 Å². The highest BCUT2D eigenvalue weighted by atomic mass is 16.3. The van der Waals surface area contributed by atoms with E-state index in [1.807, 2.05) is 13.8 Å². The number of hydrogen-bond acceptors (Lipinski definition) is 4. The van der Waals surface area contributed by atoms with Crippen LogP contribution in [0.5, 0.6) is 0 Å². The molecule has 6 heteroatoms. The Labute approximate surface area is 101 Å². The van der Waals surface area contributed by atoms with Crippen LogP contribution in [-0.2, 0) is 6.42 Å². The topological polar surface area (TPSA) is 95.2 Å². The third kappa shape index (κ3) is 2.97. The number of hydrogen-bond donors (Lipinski definition) is 3. The van der Waals surface area contributed by atoms with Gasteiger partial charge in [-0.1, -0.05) is 13.8 Å². The van der Waals surface area contributed by atoms with E-state index in [0.29, 0.717) is 25.2 Å². The van der Waals surface area contributed by atoms with E-state index in [2.05, 4.69) is 10.2 Å². The van der Waals surface area contributed by atoms with Gasteiger partial charge in [-0.2, -0.15) is 5.10 Å². The Hall–Kier alpha value is -1.56. The number of amides is 1. The predicted molar refractivity (Wildman–Crippen MR) is 65.7 cm³/mol. The van der Waals surface area contributed by atoms with Crippen molar-refractivity contribution in [2.45, 2.75) is 26.7 Å². The van der Waals surface area contributed by atoms with Gasteiger partial charge < -0.3 is 15.7 Å². The van der Waals surface area contributed by atoms with Gasteiger partial charge in [-0.05, 0) is 12.8 Å². The lowest BCUT2D eigenvalue weighted by Gasteiger charge is -2.20. The molecule has 0 radical (unpaired) electrons.